The van der Waals surface area contributed by atoms with Crippen molar-refractivity contribution in [2.45, 2.75) is 11.8 Å². The molecule has 0 bridgehead atoms. The van der Waals surface area contributed by atoms with Crippen molar-refractivity contribution in [3.8, 4) is 5.75 Å². The molecule has 0 aliphatic heterocycles. The Bertz CT molecular complexity index is 891. The Hall–Kier alpha value is -2.74. The number of esters is 1. The number of nitrogens with one attached hydrogen (secondary N) is 1. The van der Waals surface area contributed by atoms with Crippen molar-refractivity contribution < 1.29 is 27.1 Å². The number of anilines is 1. The molecule has 0 saturated heterocycles. The second kappa shape index (κ2) is 6.79. The van der Waals surface area contributed by atoms with Gasteiger partial charge in [0.05, 0.1) is 10.6 Å². The highest BCUT2D eigenvalue weighted by atomic mass is 32.2. The lowest BCUT2D eigenvalue weighted by atomic mass is 10.2. The minimum absolute atomic E-state index is 0.107. The molecule has 0 saturated carbocycles. The summed E-state index contributed by atoms with van der Waals surface area (Å²) >= 11 is 0. The van der Waals surface area contributed by atoms with E-state index in [4.69, 9.17) is 4.74 Å². The minimum Gasteiger partial charge on any atom is -0.427 e. The van der Waals surface area contributed by atoms with E-state index >= 15 is 0 Å². The highest BCUT2D eigenvalue weighted by Gasteiger charge is 2.14. The van der Waals surface area contributed by atoms with E-state index in [1.54, 1.807) is 0 Å². The van der Waals surface area contributed by atoms with Gasteiger partial charge in [-0.05, 0) is 42.5 Å². The lowest BCUT2D eigenvalue weighted by molar-refractivity contribution is -0.131. The highest BCUT2D eigenvalue weighted by molar-refractivity contribution is 7.90. The third-order valence-corrected chi connectivity index (χ3v) is 4.10. The van der Waals surface area contributed by atoms with E-state index in [1.807, 2.05) is 0 Å². The smallest absolute Gasteiger partial charge is 0.308 e. The molecule has 0 heterocycles. The van der Waals surface area contributed by atoms with Gasteiger partial charge in [-0.2, -0.15) is 0 Å². The lowest BCUT2D eigenvalue weighted by Gasteiger charge is -2.09. The number of hydrogen-bond donors (Lipinski definition) is 1. The number of hydrogen-bond acceptors (Lipinski definition) is 5. The van der Waals surface area contributed by atoms with E-state index in [9.17, 15) is 22.4 Å². The largest absolute Gasteiger partial charge is 0.427 e. The summed E-state index contributed by atoms with van der Waals surface area (Å²) in [5.41, 5.74) is -0.0537. The first-order valence-electron chi connectivity index (χ1n) is 6.76. The molecule has 2 rings (SSSR count). The van der Waals surface area contributed by atoms with Crippen molar-refractivity contribution in [3.05, 3.63) is 53.8 Å². The Labute approximate surface area is 138 Å². The van der Waals surface area contributed by atoms with Gasteiger partial charge in [-0.15, -0.1) is 0 Å². The number of benzene rings is 2. The van der Waals surface area contributed by atoms with E-state index < -0.39 is 27.5 Å². The number of carbonyl (C=O) groups is 2. The summed E-state index contributed by atoms with van der Waals surface area (Å²) in [6, 6.07) is 8.76. The van der Waals surface area contributed by atoms with Crippen LogP contribution < -0.4 is 10.1 Å². The monoisotopic (exact) mass is 351 g/mol. The molecule has 1 N–H and O–H groups in total. The number of ether oxygens (including phenoxy) is 1. The Morgan fingerprint density at radius 3 is 2.25 bits per heavy atom. The minimum atomic E-state index is -3.53. The molecule has 0 unspecified atom stereocenters. The Morgan fingerprint density at radius 1 is 1.08 bits per heavy atom. The second-order valence-corrected chi connectivity index (χ2v) is 7.00. The zero-order valence-electron chi connectivity index (χ0n) is 12.9. The molecule has 6 nitrogen and oxygen atoms in total. The van der Waals surface area contributed by atoms with Crippen LogP contribution in [0, 0.1) is 5.82 Å². The van der Waals surface area contributed by atoms with E-state index in [0.29, 0.717) is 0 Å². The first kappa shape index (κ1) is 17.6. The van der Waals surface area contributed by atoms with Crippen molar-refractivity contribution in [1.29, 1.82) is 0 Å². The summed E-state index contributed by atoms with van der Waals surface area (Å²) in [6.07, 6.45) is 0.986. The molecule has 0 radical (unpaired) electrons. The molecule has 0 fully saturated rings. The fourth-order valence-corrected chi connectivity index (χ4v) is 2.51. The third kappa shape index (κ3) is 4.39. The molecular weight excluding hydrogens is 337 g/mol. The van der Waals surface area contributed by atoms with Crippen LogP contribution in [0.4, 0.5) is 10.1 Å². The fourth-order valence-electron chi connectivity index (χ4n) is 1.87. The van der Waals surface area contributed by atoms with E-state index in [0.717, 1.165) is 24.5 Å². The van der Waals surface area contributed by atoms with Gasteiger partial charge < -0.3 is 10.1 Å². The molecular formula is C16H14FNO5S. The summed E-state index contributed by atoms with van der Waals surface area (Å²) in [7, 11) is -3.53. The highest BCUT2D eigenvalue weighted by Crippen LogP contribution is 2.21. The van der Waals surface area contributed by atoms with Gasteiger partial charge in [-0.3, -0.25) is 9.59 Å². The molecule has 2 aromatic carbocycles. The molecule has 0 aliphatic carbocycles. The topological polar surface area (TPSA) is 89.5 Å². The Morgan fingerprint density at radius 2 is 1.71 bits per heavy atom. The number of sulfone groups is 1. The maximum absolute atomic E-state index is 13.8. The maximum Gasteiger partial charge on any atom is 0.308 e. The zero-order chi connectivity index (χ0) is 17.9. The van der Waals surface area contributed by atoms with Gasteiger partial charge in [-0.25, -0.2) is 12.8 Å². The van der Waals surface area contributed by atoms with Crippen LogP contribution in [0.5, 0.6) is 5.75 Å². The molecule has 8 heteroatoms. The maximum atomic E-state index is 13.8. The van der Waals surface area contributed by atoms with Gasteiger partial charge in [0.25, 0.3) is 5.91 Å². The van der Waals surface area contributed by atoms with Gasteiger partial charge in [0.15, 0.2) is 9.84 Å². The van der Waals surface area contributed by atoms with Crippen molar-refractivity contribution in [2.24, 2.45) is 0 Å². The quantitative estimate of drug-likeness (QED) is 0.519. The average Bonchev–Trinajstić information content (AvgIpc) is 2.48. The molecule has 0 spiro atoms. The third-order valence-electron chi connectivity index (χ3n) is 2.99. The SMILES string of the molecule is CC(=O)Oc1ccc(C(=O)Nc2cc(S(C)(=O)=O)ccc2F)cc1. The van der Waals surface area contributed by atoms with Crippen LogP contribution in [-0.2, 0) is 14.6 Å². The summed E-state index contributed by atoms with van der Waals surface area (Å²) in [5, 5.41) is 2.31. The van der Waals surface area contributed by atoms with Crippen LogP contribution >= 0.6 is 0 Å². The van der Waals surface area contributed by atoms with Crippen LogP contribution in [0.25, 0.3) is 0 Å². The molecule has 2 aromatic rings. The normalized spacial score (nSPS) is 11.0. The van der Waals surface area contributed by atoms with Gasteiger partial charge in [0.1, 0.15) is 11.6 Å². The molecule has 126 valence electrons. The standard InChI is InChI=1S/C16H14FNO5S/c1-10(19)23-12-5-3-11(4-6-12)16(20)18-15-9-13(24(2,21)22)7-8-14(15)17/h3-9H,1-2H3,(H,18,20). The first-order valence-corrected chi connectivity index (χ1v) is 8.65. The lowest BCUT2D eigenvalue weighted by Crippen LogP contribution is -2.13. The van der Waals surface area contributed by atoms with Gasteiger partial charge in [0, 0.05) is 18.7 Å². The molecule has 0 aliphatic rings. The van der Waals surface area contributed by atoms with E-state index in [2.05, 4.69) is 5.32 Å². The van der Waals surface area contributed by atoms with Crippen LogP contribution in [0.1, 0.15) is 17.3 Å². The van der Waals surface area contributed by atoms with Crippen molar-refractivity contribution in [1.82, 2.24) is 0 Å². The second-order valence-electron chi connectivity index (χ2n) is 4.99. The van der Waals surface area contributed by atoms with Crippen molar-refractivity contribution in [2.75, 3.05) is 11.6 Å². The fraction of sp³-hybridized carbons (Fsp3) is 0.125. The average molecular weight is 351 g/mol. The van der Waals surface area contributed by atoms with Crippen LogP contribution in [0.3, 0.4) is 0 Å². The van der Waals surface area contributed by atoms with Gasteiger partial charge in [0.2, 0.25) is 0 Å². The number of halogens is 1. The summed E-state index contributed by atoms with van der Waals surface area (Å²) in [5.74, 6) is -1.61. The van der Waals surface area contributed by atoms with Crippen molar-refractivity contribution in [3.63, 3.8) is 0 Å². The van der Waals surface area contributed by atoms with Gasteiger partial charge in [-0.1, -0.05) is 0 Å². The van der Waals surface area contributed by atoms with Crippen LogP contribution in [0.15, 0.2) is 47.4 Å². The number of carbonyl (C=O) groups excluding carboxylic acids is 2. The zero-order valence-corrected chi connectivity index (χ0v) is 13.7. The molecule has 24 heavy (non-hydrogen) atoms. The summed E-state index contributed by atoms with van der Waals surface area (Å²) in [6.45, 7) is 1.25. The first-order chi connectivity index (χ1) is 11.2. The molecule has 0 aromatic heterocycles. The number of rotatable bonds is 4. The van der Waals surface area contributed by atoms with Crippen molar-refractivity contribution >= 4 is 27.4 Å². The van der Waals surface area contributed by atoms with E-state index in [1.165, 1.54) is 31.2 Å². The predicted molar refractivity (Wildman–Crippen MR) is 85.2 cm³/mol. The molecule has 0 atom stereocenters. The Kier molecular flexibility index (Phi) is 4.99. The predicted octanol–water partition coefficient (Wildman–Crippen LogP) is 2.41. The number of amides is 1. The van der Waals surface area contributed by atoms with E-state index in [-0.39, 0.29) is 21.9 Å². The Balaban J connectivity index is 2.22. The van der Waals surface area contributed by atoms with Crippen LogP contribution in [-0.4, -0.2) is 26.6 Å². The summed E-state index contributed by atoms with van der Waals surface area (Å²) in [4.78, 5) is 22.9. The summed E-state index contributed by atoms with van der Waals surface area (Å²) < 4.78 is 41.6. The van der Waals surface area contributed by atoms with Crippen LogP contribution in [0.2, 0.25) is 0 Å². The van der Waals surface area contributed by atoms with Gasteiger partial charge >= 0.3 is 5.97 Å². The molecule has 1 amide bonds.